The summed E-state index contributed by atoms with van der Waals surface area (Å²) in [5.41, 5.74) is 0.244. The lowest BCUT2D eigenvalue weighted by molar-refractivity contribution is -0.120. The van der Waals surface area contributed by atoms with Crippen LogP contribution in [0.15, 0.2) is 18.2 Å². The average molecular weight is 327 g/mol. The first-order valence-corrected chi connectivity index (χ1v) is 8.00. The summed E-state index contributed by atoms with van der Waals surface area (Å²) in [4.78, 5) is 22.6. The molecule has 2 aliphatic heterocycles. The maximum absolute atomic E-state index is 12.2. The minimum Gasteiger partial charge on any atom is -0.486 e. The number of ether oxygens (including phenoxy) is 2. The molecule has 3 rings (SSSR count). The van der Waals surface area contributed by atoms with Crippen LogP contribution in [0.3, 0.4) is 0 Å². The molecule has 0 radical (unpaired) electrons. The highest BCUT2D eigenvalue weighted by Crippen LogP contribution is 2.33. The number of fused-ring (bicyclic) bond motifs is 1. The van der Waals surface area contributed by atoms with E-state index in [0.717, 1.165) is 0 Å². The van der Waals surface area contributed by atoms with E-state index in [4.69, 9.17) is 9.47 Å². The summed E-state index contributed by atoms with van der Waals surface area (Å²) in [6, 6.07) is 3.85. The van der Waals surface area contributed by atoms with Gasteiger partial charge in [-0.2, -0.15) is 0 Å². The SMILES string of the molecule is O=C1NCC(S(=O)(=O)Nc2ccc3c(c2)OCCO3)C(=O)N1. The number of amides is 3. The Morgan fingerprint density at radius 2 is 1.86 bits per heavy atom. The van der Waals surface area contributed by atoms with E-state index in [9.17, 15) is 18.0 Å². The van der Waals surface area contributed by atoms with Crippen LogP contribution in [-0.2, 0) is 14.8 Å². The maximum Gasteiger partial charge on any atom is 0.321 e. The van der Waals surface area contributed by atoms with Gasteiger partial charge in [0.15, 0.2) is 16.7 Å². The minimum absolute atomic E-state index is 0.244. The highest BCUT2D eigenvalue weighted by atomic mass is 32.2. The number of anilines is 1. The van der Waals surface area contributed by atoms with Crippen molar-refractivity contribution in [3.05, 3.63) is 18.2 Å². The Hall–Kier alpha value is -2.49. The van der Waals surface area contributed by atoms with Crippen LogP contribution in [0.1, 0.15) is 0 Å². The van der Waals surface area contributed by atoms with Crippen LogP contribution in [0.25, 0.3) is 0 Å². The number of carbonyl (C=O) groups is 2. The van der Waals surface area contributed by atoms with Crippen LogP contribution in [-0.4, -0.2) is 45.4 Å². The number of carbonyl (C=O) groups excluding carboxylic acids is 2. The average Bonchev–Trinajstić information content (AvgIpc) is 2.46. The zero-order valence-corrected chi connectivity index (χ0v) is 12.1. The molecule has 0 spiro atoms. The number of urea groups is 1. The standard InChI is InChI=1S/C12H13N3O6S/c16-11-10(6-13-12(17)14-11)22(18,19)15-7-1-2-8-9(5-7)21-4-3-20-8/h1-2,5,10,15H,3-4,6H2,(H2,13,14,16,17). The Bertz CT molecular complexity index is 732. The third-order valence-corrected chi connectivity index (χ3v) is 4.80. The van der Waals surface area contributed by atoms with Crippen molar-refractivity contribution in [3.8, 4) is 11.5 Å². The van der Waals surface area contributed by atoms with E-state index < -0.39 is 27.2 Å². The van der Waals surface area contributed by atoms with Gasteiger partial charge in [-0.25, -0.2) is 13.2 Å². The second kappa shape index (κ2) is 5.37. The van der Waals surface area contributed by atoms with Crippen molar-refractivity contribution in [2.24, 2.45) is 0 Å². The van der Waals surface area contributed by atoms with Crippen LogP contribution < -0.4 is 24.8 Å². The van der Waals surface area contributed by atoms with E-state index in [0.29, 0.717) is 24.7 Å². The van der Waals surface area contributed by atoms with Crippen molar-refractivity contribution in [3.63, 3.8) is 0 Å². The van der Waals surface area contributed by atoms with Gasteiger partial charge < -0.3 is 14.8 Å². The fourth-order valence-electron chi connectivity index (χ4n) is 2.11. The first-order chi connectivity index (χ1) is 10.5. The summed E-state index contributed by atoms with van der Waals surface area (Å²) in [5.74, 6) is 0.0820. The Balaban J connectivity index is 1.79. The molecule has 3 N–H and O–H groups in total. The Morgan fingerprint density at radius 3 is 2.59 bits per heavy atom. The third-order valence-electron chi connectivity index (χ3n) is 3.15. The Morgan fingerprint density at radius 1 is 1.14 bits per heavy atom. The van der Waals surface area contributed by atoms with Gasteiger partial charge >= 0.3 is 6.03 Å². The van der Waals surface area contributed by atoms with Gasteiger partial charge in [0.25, 0.3) is 0 Å². The van der Waals surface area contributed by atoms with Crippen LogP contribution in [0.2, 0.25) is 0 Å². The van der Waals surface area contributed by atoms with Gasteiger partial charge in [-0.3, -0.25) is 14.8 Å². The van der Waals surface area contributed by atoms with Crippen molar-refractivity contribution in [1.82, 2.24) is 10.6 Å². The molecule has 0 saturated carbocycles. The van der Waals surface area contributed by atoms with E-state index >= 15 is 0 Å². The zero-order valence-electron chi connectivity index (χ0n) is 11.3. The molecule has 0 aromatic heterocycles. The highest BCUT2D eigenvalue weighted by Gasteiger charge is 2.37. The summed E-state index contributed by atoms with van der Waals surface area (Å²) in [6.07, 6.45) is 0. The van der Waals surface area contributed by atoms with E-state index in [1.165, 1.54) is 12.1 Å². The quantitative estimate of drug-likeness (QED) is 0.682. The minimum atomic E-state index is -4.01. The molecule has 9 nitrogen and oxygen atoms in total. The van der Waals surface area contributed by atoms with Crippen LogP contribution in [0.4, 0.5) is 10.5 Å². The molecule has 3 amide bonds. The maximum atomic E-state index is 12.2. The van der Waals surface area contributed by atoms with Gasteiger partial charge in [-0.15, -0.1) is 0 Å². The molecule has 1 unspecified atom stereocenters. The van der Waals surface area contributed by atoms with Gasteiger partial charge in [0.05, 0.1) is 5.69 Å². The lowest BCUT2D eigenvalue weighted by atomic mass is 10.3. The zero-order chi connectivity index (χ0) is 15.7. The third kappa shape index (κ3) is 2.77. The van der Waals surface area contributed by atoms with Crippen molar-refractivity contribution in [2.45, 2.75) is 5.25 Å². The molecule has 2 heterocycles. The molecular weight excluding hydrogens is 314 g/mol. The molecule has 1 atom stereocenters. The molecule has 1 aromatic carbocycles. The first kappa shape index (κ1) is 14.4. The van der Waals surface area contributed by atoms with Crippen LogP contribution in [0, 0.1) is 0 Å². The molecule has 0 aliphatic carbocycles. The van der Waals surface area contributed by atoms with Crippen molar-refractivity contribution in [2.75, 3.05) is 24.5 Å². The number of sulfonamides is 1. The van der Waals surface area contributed by atoms with E-state index in [2.05, 4.69) is 10.0 Å². The summed E-state index contributed by atoms with van der Waals surface area (Å²) in [7, 11) is -4.01. The van der Waals surface area contributed by atoms with Crippen LogP contribution in [0.5, 0.6) is 11.5 Å². The number of rotatable bonds is 3. The van der Waals surface area contributed by atoms with Gasteiger partial charge in [-0.05, 0) is 12.1 Å². The molecule has 0 bridgehead atoms. The first-order valence-electron chi connectivity index (χ1n) is 6.46. The number of hydrogen-bond donors (Lipinski definition) is 3. The molecule has 1 aromatic rings. The topological polar surface area (TPSA) is 123 Å². The number of hydrogen-bond acceptors (Lipinski definition) is 6. The number of imide groups is 1. The summed E-state index contributed by atoms with van der Waals surface area (Å²) < 4.78 is 37.5. The van der Waals surface area contributed by atoms with Gasteiger partial charge in [0, 0.05) is 12.6 Å². The Kier molecular flexibility index (Phi) is 3.53. The van der Waals surface area contributed by atoms with Gasteiger partial charge in [-0.1, -0.05) is 0 Å². The predicted octanol–water partition coefficient (Wildman–Crippen LogP) is -0.593. The molecule has 118 valence electrons. The molecule has 2 aliphatic rings. The lowest BCUT2D eigenvalue weighted by Crippen LogP contribution is -2.58. The molecular formula is C12H13N3O6S. The molecule has 1 fully saturated rings. The van der Waals surface area contributed by atoms with Gasteiger partial charge in [0.2, 0.25) is 15.9 Å². The van der Waals surface area contributed by atoms with E-state index in [-0.39, 0.29) is 12.2 Å². The largest absolute Gasteiger partial charge is 0.486 e. The summed E-state index contributed by atoms with van der Waals surface area (Å²) in [6.45, 7) is 0.519. The fourth-order valence-corrected chi connectivity index (χ4v) is 3.35. The fraction of sp³-hybridized carbons (Fsp3) is 0.333. The van der Waals surface area contributed by atoms with Crippen molar-refractivity contribution >= 4 is 27.6 Å². The molecule has 1 saturated heterocycles. The summed E-state index contributed by atoms with van der Waals surface area (Å²) in [5, 5.41) is 2.78. The monoisotopic (exact) mass is 327 g/mol. The molecule has 22 heavy (non-hydrogen) atoms. The predicted molar refractivity (Wildman–Crippen MR) is 75.3 cm³/mol. The van der Waals surface area contributed by atoms with Crippen LogP contribution >= 0.6 is 0 Å². The second-order valence-electron chi connectivity index (χ2n) is 4.69. The van der Waals surface area contributed by atoms with E-state index in [1.54, 1.807) is 6.07 Å². The van der Waals surface area contributed by atoms with E-state index in [1.807, 2.05) is 5.32 Å². The smallest absolute Gasteiger partial charge is 0.321 e. The summed E-state index contributed by atoms with van der Waals surface area (Å²) >= 11 is 0. The molecule has 10 heteroatoms. The second-order valence-corrected chi connectivity index (χ2v) is 6.56. The Labute approximate surface area is 126 Å². The highest BCUT2D eigenvalue weighted by molar-refractivity contribution is 7.94. The van der Waals surface area contributed by atoms with Crippen molar-refractivity contribution < 1.29 is 27.5 Å². The lowest BCUT2D eigenvalue weighted by Gasteiger charge is -2.23. The van der Waals surface area contributed by atoms with Crippen molar-refractivity contribution in [1.29, 1.82) is 0 Å². The number of nitrogens with one attached hydrogen (secondary N) is 3. The number of benzene rings is 1. The van der Waals surface area contributed by atoms with Gasteiger partial charge in [0.1, 0.15) is 13.2 Å². The normalized spacial score (nSPS) is 20.8.